The molecule has 0 radical (unpaired) electrons. The zero-order valence-corrected chi connectivity index (χ0v) is 15.4. The molecule has 2 rings (SSSR count). The van der Waals surface area contributed by atoms with Crippen LogP contribution >= 0.6 is 12.4 Å². The normalized spacial score (nSPS) is 13.2. The van der Waals surface area contributed by atoms with Crippen molar-refractivity contribution in [3.63, 3.8) is 0 Å². The number of hydrogen-bond donors (Lipinski definition) is 2. The van der Waals surface area contributed by atoms with E-state index in [-0.39, 0.29) is 18.3 Å². The van der Waals surface area contributed by atoms with Crippen molar-refractivity contribution in [2.45, 2.75) is 39.7 Å². The summed E-state index contributed by atoms with van der Waals surface area (Å²) in [7, 11) is 0. The van der Waals surface area contributed by atoms with E-state index < -0.39 is 5.54 Å². The number of carbonyl (C=O) groups is 1. The van der Waals surface area contributed by atoms with E-state index in [0.717, 1.165) is 17.7 Å². The molecule has 0 saturated carbocycles. The molecule has 0 saturated heterocycles. The maximum Gasteiger partial charge on any atom is 0.251 e. The second-order valence-electron chi connectivity index (χ2n) is 6.66. The SMILES string of the molecule is Cc1cc(C(=O)NC(C)(CN)CC(C)C)ccc1-n1cncn1.Cl. The Hall–Kier alpha value is -1.92. The molecular formula is C17H26ClN5O. The van der Waals surface area contributed by atoms with E-state index in [4.69, 9.17) is 5.73 Å². The molecule has 1 unspecified atom stereocenters. The predicted molar refractivity (Wildman–Crippen MR) is 97.7 cm³/mol. The van der Waals surface area contributed by atoms with Crippen LogP contribution in [0.2, 0.25) is 0 Å². The van der Waals surface area contributed by atoms with Crippen LogP contribution in [0, 0.1) is 12.8 Å². The highest BCUT2D eigenvalue weighted by atomic mass is 35.5. The minimum atomic E-state index is -0.399. The monoisotopic (exact) mass is 351 g/mol. The summed E-state index contributed by atoms with van der Waals surface area (Å²) in [5.74, 6) is 0.354. The molecule has 24 heavy (non-hydrogen) atoms. The van der Waals surface area contributed by atoms with E-state index in [1.165, 1.54) is 6.33 Å². The number of halogens is 1. The third kappa shape index (κ3) is 4.79. The lowest BCUT2D eigenvalue weighted by molar-refractivity contribution is 0.0898. The summed E-state index contributed by atoms with van der Waals surface area (Å²) in [6.45, 7) is 8.59. The zero-order chi connectivity index (χ0) is 17.0. The van der Waals surface area contributed by atoms with E-state index in [1.54, 1.807) is 17.1 Å². The fourth-order valence-corrected chi connectivity index (χ4v) is 2.82. The Kier molecular flexibility index (Phi) is 6.93. The van der Waals surface area contributed by atoms with Gasteiger partial charge in [0.25, 0.3) is 5.91 Å². The number of rotatable bonds is 6. The lowest BCUT2D eigenvalue weighted by Gasteiger charge is -2.31. The van der Waals surface area contributed by atoms with Crippen LogP contribution in [-0.4, -0.2) is 32.8 Å². The zero-order valence-electron chi connectivity index (χ0n) is 14.6. The molecule has 1 amide bonds. The summed E-state index contributed by atoms with van der Waals surface area (Å²) < 4.78 is 1.68. The Labute approximate surface area is 149 Å². The molecule has 7 heteroatoms. The maximum absolute atomic E-state index is 12.5. The average molecular weight is 352 g/mol. The lowest BCUT2D eigenvalue weighted by Crippen LogP contribution is -2.52. The molecule has 1 heterocycles. The third-order valence-electron chi connectivity index (χ3n) is 3.85. The number of nitrogens with one attached hydrogen (secondary N) is 1. The van der Waals surface area contributed by atoms with Gasteiger partial charge in [-0.15, -0.1) is 12.4 Å². The third-order valence-corrected chi connectivity index (χ3v) is 3.85. The second kappa shape index (κ2) is 8.26. The molecule has 1 aromatic carbocycles. The van der Waals surface area contributed by atoms with E-state index in [9.17, 15) is 4.79 Å². The molecule has 3 N–H and O–H groups in total. The van der Waals surface area contributed by atoms with Crippen LogP contribution in [-0.2, 0) is 0 Å². The summed E-state index contributed by atoms with van der Waals surface area (Å²) >= 11 is 0. The van der Waals surface area contributed by atoms with Crippen molar-refractivity contribution < 1.29 is 4.79 Å². The number of hydrogen-bond acceptors (Lipinski definition) is 4. The van der Waals surface area contributed by atoms with Crippen molar-refractivity contribution in [1.82, 2.24) is 20.1 Å². The molecule has 132 valence electrons. The molecular weight excluding hydrogens is 326 g/mol. The van der Waals surface area contributed by atoms with Gasteiger partial charge in [0.15, 0.2) is 0 Å². The van der Waals surface area contributed by atoms with Gasteiger partial charge in [-0.3, -0.25) is 4.79 Å². The van der Waals surface area contributed by atoms with Gasteiger partial charge in [-0.25, -0.2) is 9.67 Å². The minimum absolute atomic E-state index is 0. The second-order valence-corrected chi connectivity index (χ2v) is 6.66. The fraction of sp³-hybridized carbons (Fsp3) is 0.471. The summed E-state index contributed by atoms with van der Waals surface area (Å²) in [6, 6.07) is 5.53. The quantitative estimate of drug-likeness (QED) is 0.837. The highest BCUT2D eigenvalue weighted by Crippen LogP contribution is 2.18. The fourth-order valence-electron chi connectivity index (χ4n) is 2.82. The minimum Gasteiger partial charge on any atom is -0.346 e. The first kappa shape index (κ1) is 20.1. The number of aryl methyl sites for hydroxylation is 1. The van der Waals surface area contributed by atoms with Crippen molar-refractivity contribution in [3.05, 3.63) is 42.0 Å². The highest BCUT2D eigenvalue weighted by molar-refractivity contribution is 5.95. The first-order valence-corrected chi connectivity index (χ1v) is 7.83. The van der Waals surface area contributed by atoms with Gasteiger partial charge in [-0.05, 0) is 49.9 Å². The average Bonchev–Trinajstić information content (AvgIpc) is 3.00. The van der Waals surface area contributed by atoms with Gasteiger partial charge in [-0.2, -0.15) is 5.10 Å². The van der Waals surface area contributed by atoms with Gasteiger partial charge in [0.1, 0.15) is 12.7 Å². The molecule has 2 aromatic rings. The number of aromatic nitrogens is 3. The smallest absolute Gasteiger partial charge is 0.251 e. The van der Waals surface area contributed by atoms with Crippen molar-refractivity contribution >= 4 is 18.3 Å². The lowest BCUT2D eigenvalue weighted by atomic mass is 9.90. The van der Waals surface area contributed by atoms with Crippen molar-refractivity contribution in [2.24, 2.45) is 11.7 Å². The van der Waals surface area contributed by atoms with Gasteiger partial charge >= 0.3 is 0 Å². The summed E-state index contributed by atoms with van der Waals surface area (Å²) in [5, 5.41) is 7.19. The van der Waals surface area contributed by atoms with Gasteiger partial charge in [0.05, 0.1) is 5.69 Å². The van der Waals surface area contributed by atoms with Gasteiger partial charge in [-0.1, -0.05) is 13.8 Å². The molecule has 0 aliphatic heterocycles. The Balaban J connectivity index is 0.00000288. The first-order chi connectivity index (χ1) is 10.8. The Morgan fingerprint density at radius 2 is 2.12 bits per heavy atom. The van der Waals surface area contributed by atoms with Gasteiger partial charge in [0, 0.05) is 17.6 Å². The van der Waals surface area contributed by atoms with Crippen LogP contribution in [0.1, 0.15) is 43.1 Å². The number of nitrogens with zero attached hydrogens (tertiary/aromatic N) is 3. The predicted octanol–water partition coefficient (Wildman–Crippen LogP) is 2.49. The van der Waals surface area contributed by atoms with E-state index in [1.807, 2.05) is 26.0 Å². The molecule has 1 atom stereocenters. The van der Waals surface area contributed by atoms with Crippen molar-refractivity contribution in [3.8, 4) is 5.69 Å². The van der Waals surface area contributed by atoms with Crippen LogP contribution in [0.4, 0.5) is 0 Å². The largest absolute Gasteiger partial charge is 0.346 e. The van der Waals surface area contributed by atoms with Crippen LogP contribution in [0.5, 0.6) is 0 Å². The number of amides is 1. The van der Waals surface area contributed by atoms with E-state index >= 15 is 0 Å². The van der Waals surface area contributed by atoms with Crippen LogP contribution in [0.3, 0.4) is 0 Å². The maximum atomic E-state index is 12.5. The highest BCUT2D eigenvalue weighted by Gasteiger charge is 2.26. The molecule has 0 fully saturated rings. The topological polar surface area (TPSA) is 85.8 Å². The molecule has 0 spiro atoms. The van der Waals surface area contributed by atoms with Gasteiger partial charge < -0.3 is 11.1 Å². The van der Waals surface area contributed by atoms with E-state index in [2.05, 4.69) is 29.2 Å². The molecule has 1 aromatic heterocycles. The van der Waals surface area contributed by atoms with Gasteiger partial charge in [0.2, 0.25) is 0 Å². The standard InChI is InChI=1S/C17H25N5O.ClH/c1-12(2)8-17(4,9-18)21-16(23)14-5-6-15(13(3)7-14)22-11-19-10-20-22;/h5-7,10-12H,8-9,18H2,1-4H3,(H,21,23);1H. The summed E-state index contributed by atoms with van der Waals surface area (Å²) in [4.78, 5) is 16.5. The molecule has 0 aliphatic carbocycles. The summed E-state index contributed by atoms with van der Waals surface area (Å²) in [6.07, 6.45) is 3.96. The summed E-state index contributed by atoms with van der Waals surface area (Å²) in [5.41, 5.74) is 7.95. The Bertz CT molecular complexity index is 672. The first-order valence-electron chi connectivity index (χ1n) is 7.83. The molecule has 0 aliphatic rings. The van der Waals surface area contributed by atoms with Crippen LogP contribution < -0.4 is 11.1 Å². The number of nitrogens with two attached hydrogens (primary N) is 1. The van der Waals surface area contributed by atoms with Crippen LogP contribution in [0.25, 0.3) is 5.69 Å². The molecule has 0 bridgehead atoms. The molecule has 6 nitrogen and oxygen atoms in total. The Morgan fingerprint density at radius 3 is 2.62 bits per heavy atom. The number of carbonyl (C=O) groups excluding carboxylic acids is 1. The van der Waals surface area contributed by atoms with Crippen molar-refractivity contribution in [2.75, 3.05) is 6.54 Å². The van der Waals surface area contributed by atoms with E-state index in [0.29, 0.717) is 18.0 Å². The van der Waals surface area contributed by atoms with Crippen molar-refractivity contribution in [1.29, 1.82) is 0 Å². The number of benzene rings is 1. The Morgan fingerprint density at radius 1 is 1.42 bits per heavy atom. The van der Waals surface area contributed by atoms with Crippen LogP contribution in [0.15, 0.2) is 30.9 Å².